The number of methoxy groups -OCH3 is 1. The first kappa shape index (κ1) is 10.8. The number of Topliss-reactive ketones (excluding diaryl/α,β-unsaturated/α-hetero) is 1. The second-order valence-electron chi connectivity index (χ2n) is 3.95. The van der Waals surface area contributed by atoms with Crippen molar-refractivity contribution in [2.45, 2.75) is 18.8 Å². The van der Waals surface area contributed by atoms with Crippen LogP contribution in [0, 0.1) is 5.92 Å². The molecule has 1 heterocycles. The Morgan fingerprint density at radius 2 is 2.38 bits per heavy atom. The van der Waals surface area contributed by atoms with E-state index in [1.165, 1.54) is 7.11 Å². The van der Waals surface area contributed by atoms with E-state index in [0.717, 1.165) is 12.0 Å². The molecule has 0 bridgehead atoms. The second kappa shape index (κ2) is 4.43. The van der Waals surface area contributed by atoms with E-state index in [0.29, 0.717) is 0 Å². The summed E-state index contributed by atoms with van der Waals surface area (Å²) in [6, 6.07) is 3.82. The average Bonchev–Trinajstić information content (AvgIpc) is 3.10. The number of carbonyl (C=O) groups excluding carboxylic acids is 2. The van der Waals surface area contributed by atoms with Gasteiger partial charge in [-0.3, -0.25) is 14.6 Å². The van der Waals surface area contributed by atoms with Gasteiger partial charge in [0.05, 0.1) is 7.11 Å². The molecule has 4 heteroatoms. The summed E-state index contributed by atoms with van der Waals surface area (Å²) in [7, 11) is 1.29. The largest absolute Gasteiger partial charge is 0.469 e. The van der Waals surface area contributed by atoms with Crippen molar-refractivity contribution < 1.29 is 14.3 Å². The van der Waals surface area contributed by atoms with Gasteiger partial charge in [0.2, 0.25) is 0 Å². The van der Waals surface area contributed by atoms with E-state index >= 15 is 0 Å². The van der Waals surface area contributed by atoms with Crippen LogP contribution in [0.4, 0.5) is 0 Å². The lowest BCUT2D eigenvalue weighted by Gasteiger charge is -1.99. The van der Waals surface area contributed by atoms with Gasteiger partial charge in [0.1, 0.15) is 12.2 Å². The maximum atomic E-state index is 11.6. The van der Waals surface area contributed by atoms with Crippen LogP contribution >= 0.6 is 0 Å². The molecular weight excluding hydrogens is 206 g/mol. The van der Waals surface area contributed by atoms with Gasteiger partial charge in [-0.15, -0.1) is 0 Å². The molecular formula is C12H13NO3. The monoisotopic (exact) mass is 219 g/mol. The highest BCUT2D eigenvalue weighted by atomic mass is 16.5. The van der Waals surface area contributed by atoms with E-state index in [1.54, 1.807) is 12.4 Å². The quantitative estimate of drug-likeness (QED) is 0.566. The Kier molecular flexibility index (Phi) is 2.99. The molecule has 1 saturated carbocycles. The van der Waals surface area contributed by atoms with Crippen LogP contribution in [0.15, 0.2) is 24.5 Å². The molecule has 1 fully saturated rings. The summed E-state index contributed by atoms with van der Waals surface area (Å²) in [5, 5.41) is 0. The number of pyridine rings is 1. The van der Waals surface area contributed by atoms with Gasteiger partial charge in [0, 0.05) is 18.3 Å². The third-order valence-electron chi connectivity index (χ3n) is 2.86. The fourth-order valence-electron chi connectivity index (χ4n) is 1.86. The highest BCUT2D eigenvalue weighted by molar-refractivity contribution is 5.98. The van der Waals surface area contributed by atoms with Crippen molar-refractivity contribution in [3.8, 4) is 0 Å². The maximum Gasteiger partial charge on any atom is 0.313 e. The van der Waals surface area contributed by atoms with Crippen LogP contribution in [0.1, 0.15) is 24.3 Å². The predicted molar refractivity (Wildman–Crippen MR) is 56.7 cm³/mol. The SMILES string of the molecule is COC(=O)CC(=O)C1CC1c1cccnc1. The van der Waals surface area contributed by atoms with Crippen molar-refractivity contribution in [1.82, 2.24) is 4.98 Å². The van der Waals surface area contributed by atoms with Crippen molar-refractivity contribution in [3.05, 3.63) is 30.1 Å². The van der Waals surface area contributed by atoms with Crippen LogP contribution in [0.5, 0.6) is 0 Å². The number of hydrogen-bond donors (Lipinski definition) is 0. The number of carbonyl (C=O) groups is 2. The fraction of sp³-hybridized carbons (Fsp3) is 0.417. The van der Waals surface area contributed by atoms with E-state index < -0.39 is 5.97 Å². The molecule has 2 unspecified atom stereocenters. The second-order valence-corrected chi connectivity index (χ2v) is 3.95. The first-order chi connectivity index (χ1) is 7.72. The molecule has 0 N–H and O–H groups in total. The molecule has 4 nitrogen and oxygen atoms in total. The Hall–Kier alpha value is -1.71. The van der Waals surface area contributed by atoms with Gasteiger partial charge in [0.25, 0.3) is 0 Å². The van der Waals surface area contributed by atoms with Gasteiger partial charge in [-0.25, -0.2) is 0 Å². The molecule has 0 amide bonds. The van der Waals surface area contributed by atoms with Crippen LogP contribution in [0.2, 0.25) is 0 Å². The molecule has 2 rings (SSSR count). The van der Waals surface area contributed by atoms with Gasteiger partial charge in [0.15, 0.2) is 0 Å². The lowest BCUT2D eigenvalue weighted by Crippen LogP contribution is -2.11. The number of rotatable bonds is 4. The number of hydrogen-bond acceptors (Lipinski definition) is 4. The summed E-state index contributed by atoms with van der Waals surface area (Å²) >= 11 is 0. The van der Waals surface area contributed by atoms with Gasteiger partial charge in [-0.05, 0) is 24.0 Å². The summed E-state index contributed by atoms with van der Waals surface area (Å²) in [5.41, 5.74) is 1.07. The number of esters is 1. The van der Waals surface area contributed by atoms with Gasteiger partial charge in [-0.1, -0.05) is 6.07 Å². The molecule has 1 aliphatic carbocycles. The average molecular weight is 219 g/mol. The van der Waals surface area contributed by atoms with Crippen molar-refractivity contribution >= 4 is 11.8 Å². The number of ether oxygens (including phenoxy) is 1. The Labute approximate surface area is 93.6 Å². The van der Waals surface area contributed by atoms with Crippen LogP contribution in [-0.2, 0) is 14.3 Å². The standard InChI is InChI=1S/C12H13NO3/c1-16-12(15)6-11(14)10-5-9(10)8-3-2-4-13-7-8/h2-4,7,9-10H,5-6H2,1H3. The summed E-state index contributed by atoms with van der Waals surface area (Å²) in [5.74, 6) is -0.267. The lowest BCUT2D eigenvalue weighted by atomic mass is 10.1. The zero-order valence-electron chi connectivity index (χ0n) is 9.05. The molecule has 0 radical (unpaired) electrons. The first-order valence-corrected chi connectivity index (χ1v) is 5.22. The summed E-state index contributed by atoms with van der Waals surface area (Å²) < 4.78 is 4.47. The molecule has 2 atom stereocenters. The van der Waals surface area contributed by atoms with Gasteiger partial charge in [-0.2, -0.15) is 0 Å². The van der Waals surface area contributed by atoms with Crippen molar-refractivity contribution in [2.24, 2.45) is 5.92 Å². The van der Waals surface area contributed by atoms with E-state index in [9.17, 15) is 9.59 Å². The van der Waals surface area contributed by atoms with Gasteiger partial charge < -0.3 is 4.74 Å². The summed E-state index contributed by atoms with van der Waals surface area (Å²) in [4.78, 5) is 26.6. The van der Waals surface area contributed by atoms with Crippen molar-refractivity contribution in [3.63, 3.8) is 0 Å². The predicted octanol–water partition coefficient (Wildman–Crippen LogP) is 1.32. The van der Waals surface area contributed by atoms with E-state index in [2.05, 4.69) is 9.72 Å². The van der Waals surface area contributed by atoms with E-state index in [4.69, 9.17) is 0 Å². The zero-order chi connectivity index (χ0) is 11.5. The number of aromatic nitrogens is 1. The zero-order valence-corrected chi connectivity index (χ0v) is 9.05. The smallest absolute Gasteiger partial charge is 0.313 e. The van der Waals surface area contributed by atoms with Crippen LogP contribution in [-0.4, -0.2) is 23.8 Å². The molecule has 0 aliphatic heterocycles. The lowest BCUT2D eigenvalue weighted by molar-refractivity contribution is -0.143. The molecule has 1 aromatic heterocycles. The van der Waals surface area contributed by atoms with E-state index in [1.807, 2.05) is 12.1 Å². The number of nitrogens with zero attached hydrogens (tertiary/aromatic N) is 1. The third-order valence-corrected chi connectivity index (χ3v) is 2.86. The van der Waals surface area contributed by atoms with E-state index in [-0.39, 0.29) is 24.0 Å². The molecule has 0 aromatic carbocycles. The molecule has 1 aliphatic rings. The Morgan fingerprint density at radius 3 is 3.00 bits per heavy atom. The highest BCUT2D eigenvalue weighted by Gasteiger charge is 2.44. The highest BCUT2D eigenvalue weighted by Crippen LogP contribution is 2.48. The third kappa shape index (κ3) is 2.27. The topological polar surface area (TPSA) is 56.3 Å². The molecule has 84 valence electrons. The van der Waals surface area contributed by atoms with Crippen molar-refractivity contribution in [2.75, 3.05) is 7.11 Å². The summed E-state index contributed by atoms with van der Waals surface area (Å²) in [6.07, 6.45) is 4.19. The first-order valence-electron chi connectivity index (χ1n) is 5.22. The van der Waals surface area contributed by atoms with Crippen LogP contribution in [0.3, 0.4) is 0 Å². The minimum Gasteiger partial charge on any atom is -0.469 e. The fourth-order valence-corrected chi connectivity index (χ4v) is 1.86. The normalized spacial score (nSPS) is 22.6. The Morgan fingerprint density at radius 1 is 1.56 bits per heavy atom. The van der Waals surface area contributed by atoms with Crippen molar-refractivity contribution in [1.29, 1.82) is 0 Å². The number of ketones is 1. The summed E-state index contributed by atoms with van der Waals surface area (Å²) in [6.45, 7) is 0. The Bertz CT molecular complexity index is 402. The minimum atomic E-state index is -0.457. The molecule has 16 heavy (non-hydrogen) atoms. The Balaban J connectivity index is 1.92. The van der Waals surface area contributed by atoms with Crippen LogP contribution < -0.4 is 0 Å². The molecule has 0 spiro atoms. The minimum absolute atomic E-state index is 0.0247. The molecule has 1 aromatic rings. The maximum absolute atomic E-state index is 11.6. The molecule has 0 saturated heterocycles. The van der Waals surface area contributed by atoms with Gasteiger partial charge >= 0.3 is 5.97 Å². The van der Waals surface area contributed by atoms with Crippen LogP contribution in [0.25, 0.3) is 0 Å².